The minimum Gasteiger partial charge on any atom is -0.340 e. The summed E-state index contributed by atoms with van der Waals surface area (Å²) in [6, 6.07) is 0. The topological polar surface area (TPSA) is 81.7 Å². The van der Waals surface area contributed by atoms with Gasteiger partial charge in [-0.15, -0.1) is 5.10 Å². The van der Waals surface area contributed by atoms with Crippen molar-refractivity contribution in [2.75, 3.05) is 6.54 Å². The molecule has 0 saturated carbocycles. The predicted octanol–water partition coefficient (Wildman–Crippen LogP) is -0.161. The Morgan fingerprint density at radius 2 is 2.38 bits per heavy atom. The van der Waals surface area contributed by atoms with Crippen LogP contribution in [0, 0.1) is 6.92 Å². The van der Waals surface area contributed by atoms with Crippen LogP contribution in [0.5, 0.6) is 0 Å². The first-order chi connectivity index (χ1) is 7.74. The van der Waals surface area contributed by atoms with Crippen LogP contribution in [0.3, 0.4) is 0 Å². The molecule has 86 valence electrons. The van der Waals surface area contributed by atoms with Gasteiger partial charge in [-0.25, -0.2) is 0 Å². The average Bonchev–Trinajstić information content (AvgIpc) is 2.83. The molecule has 0 atom stereocenters. The van der Waals surface area contributed by atoms with Gasteiger partial charge in [0.2, 0.25) is 5.89 Å². The zero-order valence-electron chi connectivity index (χ0n) is 9.34. The second-order valence-electron chi connectivity index (χ2n) is 3.54. The number of aromatic nitrogens is 5. The standard InChI is InChI=1S/C9H14N6O/c1-7-11-9(13-16-7)3-4-10-5-8-6-15(2)14-12-8/h6,10H,3-5H2,1-2H3. The first-order valence-corrected chi connectivity index (χ1v) is 5.09. The van der Waals surface area contributed by atoms with Gasteiger partial charge >= 0.3 is 0 Å². The molecular weight excluding hydrogens is 208 g/mol. The third-order valence-corrected chi connectivity index (χ3v) is 2.05. The molecule has 0 aliphatic carbocycles. The Morgan fingerprint density at radius 1 is 1.50 bits per heavy atom. The smallest absolute Gasteiger partial charge is 0.223 e. The van der Waals surface area contributed by atoms with E-state index in [0.29, 0.717) is 12.4 Å². The number of nitrogens with zero attached hydrogens (tertiary/aromatic N) is 5. The Morgan fingerprint density at radius 3 is 3.00 bits per heavy atom. The van der Waals surface area contributed by atoms with Crippen LogP contribution in [0.15, 0.2) is 10.7 Å². The molecule has 2 aromatic heterocycles. The molecule has 0 bridgehead atoms. The molecule has 0 radical (unpaired) electrons. The molecule has 7 nitrogen and oxygen atoms in total. The lowest BCUT2D eigenvalue weighted by Crippen LogP contribution is -2.17. The van der Waals surface area contributed by atoms with Crippen molar-refractivity contribution in [1.29, 1.82) is 0 Å². The summed E-state index contributed by atoms with van der Waals surface area (Å²) < 4.78 is 6.55. The van der Waals surface area contributed by atoms with Crippen molar-refractivity contribution in [1.82, 2.24) is 30.5 Å². The van der Waals surface area contributed by atoms with Gasteiger partial charge in [0.25, 0.3) is 0 Å². The van der Waals surface area contributed by atoms with Gasteiger partial charge < -0.3 is 9.84 Å². The van der Waals surface area contributed by atoms with Crippen molar-refractivity contribution in [3.63, 3.8) is 0 Å². The lowest BCUT2D eigenvalue weighted by atomic mass is 10.4. The average molecular weight is 222 g/mol. The van der Waals surface area contributed by atoms with E-state index >= 15 is 0 Å². The number of nitrogens with one attached hydrogen (secondary N) is 1. The largest absolute Gasteiger partial charge is 0.340 e. The SMILES string of the molecule is Cc1nc(CCNCc2cn(C)nn2)no1. The molecule has 7 heteroatoms. The van der Waals surface area contributed by atoms with E-state index in [2.05, 4.69) is 25.8 Å². The fourth-order valence-electron chi connectivity index (χ4n) is 1.34. The quantitative estimate of drug-likeness (QED) is 0.708. The molecule has 0 aliphatic heterocycles. The van der Waals surface area contributed by atoms with E-state index in [1.165, 1.54) is 0 Å². The molecule has 0 saturated heterocycles. The Bertz CT molecular complexity index is 406. The van der Waals surface area contributed by atoms with Gasteiger partial charge in [-0.05, 0) is 0 Å². The Balaban J connectivity index is 1.69. The van der Waals surface area contributed by atoms with Crippen LogP contribution < -0.4 is 5.32 Å². The summed E-state index contributed by atoms with van der Waals surface area (Å²) >= 11 is 0. The maximum absolute atomic E-state index is 4.87. The Labute approximate surface area is 92.8 Å². The molecular formula is C9H14N6O. The number of rotatable bonds is 5. The van der Waals surface area contributed by atoms with Gasteiger partial charge in [0.05, 0.1) is 5.69 Å². The van der Waals surface area contributed by atoms with E-state index < -0.39 is 0 Å². The Hall–Kier alpha value is -1.76. The van der Waals surface area contributed by atoms with Crippen LogP contribution in [-0.4, -0.2) is 31.7 Å². The predicted molar refractivity (Wildman–Crippen MR) is 55.4 cm³/mol. The summed E-state index contributed by atoms with van der Waals surface area (Å²) in [5.74, 6) is 1.33. The summed E-state index contributed by atoms with van der Waals surface area (Å²) in [5.41, 5.74) is 0.923. The van der Waals surface area contributed by atoms with Gasteiger partial charge in [0.1, 0.15) is 0 Å². The molecule has 0 amide bonds. The van der Waals surface area contributed by atoms with E-state index in [9.17, 15) is 0 Å². The third-order valence-electron chi connectivity index (χ3n) is 2.05. The molecule has 16 heavy (non-hydrogen) atoms. The van der Waals surface area contributed by atoms with E-state index in [1.807, 2.05) is 13.2 Å². The zero-order chi connectivity index (χ0) is 11.4. The summed E-state index contributed by atoms with van der Waals surface area (Å²) in [4.78, 5) is 4.11. The first kappa shape index (κ1) is 10.7. The molecule has 0 spiro atoms. The summed E-state index contributed by atoms with van der Waals surface area (Å²) in [5, 5.41) is 14.9. The molecule has 2 rings (SSSR count). The first-order valence-electron chi connectivity index (χ1n) is 5.09. The van der Waals surface area contributed by atoms with Crippen molar-refractivity contribution >= 4 is 0 Å². The fraction of sp³-hybridized carbons (Fsp3) is 0.556. The normalized spacial score (nSPS) is 10.9. The maximum atomic E-state index is 4.87. The molecule has 2 aromatic rings. The molecule has 0 aromatic carbocycles. The van der Waals surface area contributed by atoms with Crippen molar-refractivity contribution in [3.8, 4) is 0 Å². The van der Waals surface area contributed by atoms with Gasteiger partial charge in [-0.3, -0.25) is 4.68 Å². The second kappa shape index (κ2) is 4.84. The lowest BCUT2D eigenvalue weighted by Gasteiger charge is -1.98. The van der Waals surface area contributed by atoms with E-state index in [4.69, 9.17) is 4.52 Å². The molecule has 0 unspecified atom stereocenters. The van der Waals surface area contributed by atoms with Crippen molar-refractivity contribution in [2.24, 2.45) is 7.05 Å². The van der Waals surface area contributed by atoms with Gasteiger partial charge in [0.15, 0.2) is 5.82 Å². The van der Waals surface area contributed by atoms with E-state index in [0.717, 1.165) is 24.5 Å². The highest BCUT2D eigenvalue weighted by atomic mass is 16.5. The maximum Gasteiger partial charge on any atom is 0.223 e. The van der Waals surface area contributed by atoms with Crippen molar-refractivity contribution in [2.45, 2.75) is 19.9 Å². The number of hydrogen-bond donors (Lipinski definition) is 1. The number of hydrogen-bond acceptors (Lipinski definition) is 6. The summed E-state index contributed by atoms with van der Waals surface area (Å²) in [6.07, 6.45) is 2.63. The van der Waals surface area contributed by atoms with E-state index in [1.54, 1.807) is 11.6 Å². The Kier molecular flexibility index (Phi) is 3.25. The van der Waals surface area contributed by atoms with Crippen LogP contribution in [0.4, 0.5) is 0 Å². The number of aryl methyl sites for hydroxylation is 2. The fourth-order valence-corrected chi connectivity index (χ4v) is 1.34. The van der Waals surface area contributed by atoms with Crippen LogP contribution in [0.1, 0.15) is 17.4 Å². The highest BCUT2D eigenvalue weighted by Crippen LogP contribution is 1.95. The van der Waals surface area contributed by atoms with Gasteiger partial charge in [-0.1, -0.05) is 10.4 Å². The van der Waals surface area contributed by atoms with E-state index in [-0.39, 0.29) is 0 Å². The molecule has 2 heterocycles. The second-order valence-corrected chi connectivity index (χ2v) is 3.54. The summed E-state index contributed by atoms with van der Waals surface area (Å²) in [7, 11) is 1.85. The van der Waals surface area contributed by atoms with Crippen LogP contribution in [0.2, 0.25) is 0 Å². The monoisotopic (exact) mass is 222 g/mol. The lowest BCUT2D eigenvalue weighted by molar-refractivity contribution is 0.387. The molecule has 0 fully saturated rings. The highest BCUT2D eigenvalue weighted by Gasteiger charge is 2.02. The van der Waals surface area contributed by atoms with Crippen molar-refractivity contribution in [3.05, 3.63) is 23.6 Å². The zero-order valence-corrected chi connectivity index (χ0v) is 9.34. The van der Waals surface area contributed by atoms with Crippen molar-refractivity contribution < 1.29 is 4.52 Å². The van der Waals surface area contributed by atoms with Crippen LogP contribution in [-0.2, 0) is 20.0 Å². The minimum absolute atomic E-state index is 0.601. The minimum atomic E-state index is 0.601. The third kappa shape index (κ3) is 2.86. The summed E-state index contributed by atoms with van der Waals surface area (Å²) in [6.45, 7) is 3.27. The van der Waals surface area contributed by atoms with Gasteiger partial charge in [-0.2, -0.15) is 4.98 Å². The van der Waals surface area contributed by atoms with Crippen LogP contribution >= 0.6 is 0 Å². The van der Waals surface area contributed by atoms with Crippen LogP contribution in [0.25, 0.3) is 0 Å². The highest BCUT2D eigenvalue weighted by molar-refractivity contribution is 4.91. The molecule has 1 N–H and O–H groups in total. The molecule has 0 aliphatic rings. The van der Waals surface area contributed by atoms with Gasteiger partial charge in [0, 0.05) is 39.7 Å².